The van der Waals surface area contributed by atoms with Crippen molar-refractivity contribution in [3.8, 4) is 0 Å². The molecule has 7 nitrogen and oxygen atoms in total. The van der Waals surface area contributed by atoms with E-state index in [1.807, 2.05) is 20.8 Å². The van der Waals surface area contributed by atoms with E-state index in [1.165, 1.54) is 13.8 Å². The summed E-state index contributed by atoms with van der Waals surface area (Å²) in [6, 6.07) is 0. The summed E-state index contributed by atoms with van der Waals surface area (Å²) in [5, 5.41) is 11.3. The molecule has 4 saturated carbocycles. The van der Waals surface area contributed by atoms with Gasteiger partial charge in [0.25, 0.3) is 0 Å². The van der Waals surface area contributed by atoms with Crippen LogP contribution in [0.2, 0.25) is 0 Å². The van der Waals surface area contributed by atoms with Crippen molar-refractivity contribution in [1.29, 1.82) is 0 Å². The fourth-order valence-electron chi connectivity index (χ4n) is 7.96. The van der Waals surface area contributed by atoms with Crippen LogP contribution in [0.15, 0.2) is 12.2 Å². The van der Waals surface area contributed by atoms with Crippen LogP contribution in [0, 0.1) is 34.0 Å². The number of allylic oxidation sites excluding steroid dienone is 1. The zero-order valence-electron chi connectivity index (χ0n) is 18.9. The van der Waals surface area contributed by atoms with E-state index in [4.69, 9.17) is 9.47 Å². The Kier molecular flexibility index (Phi) is 4.82. The van der Waals surface area contributed by atoms with E-state index in [-0.39, 0.29) is 17.5 Å². The van der Waals surface area contributed by atoms with Gasteiger partial charge in [0.05, 0.1) is 11.5 Å². The summed E-state index contributed by atoms with van der Waals surface area (Å²) in [6.45, 7) is 12.3. The number of aliphatic hydroxyl groups excluding tert-OH is 1. The fraction of sp³-hybridized carbons (Fsp3) is 0.750. The summed E-state index contributed by atoms with van der Waals surface area (Å²) < 4.78 is 11.2. The maximum Gasteiger partial charge on any atom is 0.303 e. The van der Waals surface area contributed by atoms with E-state index in [1.54, 1.807) is 0 Å². The molecule has 3 unspecified atom stereocenters. The van der Waals surface area contributed by atoms with Crippen molar-refractivity contribution in [1.82, 2.24) is 0 Å². The molecule has 8 atom stereocenters. The molecule has 0 saturated heterocycles. The Labute approximate surface area is 182 Å². The minimum Gasteiger partial charge on any atom is -0.462 e. The van der Waals surface area contributed by atoms with Gasteiger partial charge in [-0.1, -0.05) is 27.4 Å². The first-order valence-corrected chi connectivity index (χ1v) is 11.1. The third-order valence-electron chi connectivity index (χ3n) is 8.75. The highest BCUT2D eigenvalue weighted by atomic mass is 16.6. The van der Waals surface area contributed by atoms with Crippen molar-refractivity contribution < 1.29 is 33.8 Å². The van der Waals surface area contributed by atoms with Crippen LogP contribution < -0.4 is 0 Å². The second-order valence-corrected chi connectivity index (χ2v) is 10.9. The quantitative estimate of drug-likeness (QED) is 0.527. The maximum atomic E-state index is 14.1. The number of carbonyl (C=O) groups is 4. The summed E-state index contributed by atoms with van der Waals surface area (Å²) >= 11 is 0. The van der Waals surface area contributed by atoms with Gasteiger partial charge in [-0.2, -0.15) is 0 Å². The van der Waals surface area contributed by atoms with Gasteiger partial charge in [0.2, 0.25) is 0 Å². The third kappa shape index (κ3) is 2.74. The highest BCUT2D eigenvalue weighted by Gasteiger charge is 2.77. The largest absolute Gasteiger partial charge is 0.462 e. The molecule has 4 rings (SSSR count). The zero-order valence-corrected chi connectivity index (χ0v) is 18.9. The minimum atomic E-state index is -1.28. The van der Waals surface area contributed by atoms with E-state index in [0.717, 1.165) is 0 Å². The van der Waals surface area contributed by atoms with Gasteiger partial charge in [-0.15, -0.1) is 0 Å². The van der Waals surface area contributed by atoms with E-state index in [9.17, 15) is 24.3 Å². The average molecular weight is 433 g/mol. The highest BCUT2D eigenvalue weighted by Crippen LogP contribution is 2.70. The molecule has 2 bridgehead atoms. The molecule has 4 aliphatic carbocycles. The van der Waals surface area contributed by atoms with Crippen LogP contribution in [0.4, 0.5) is 0 Å². The highest BCUT2D eigenvalue weighted by molar-refractivity contribution is 6.08. The monoisotopic (exact) mass is 432 g/mol. The lowest BCUT2D eigenvalue weighted by Gasteiger charge is -2.65. The molecule has 0 aromatic carbocycles. The number of hydrogen-bond donors (Lipinski definition) is 1. The molecule has 4 aliphatic rings. The van der Waals surface area contributed by atoms with Gasteiger partial charge >= 0.3 is 11.9 Å². The molecule has 4 fully saturated rings. The molecule has 0 radical (unpaired) electrons. The minimum absolute atomic E-state index is 0.213. The molecular formula is C24H32O7. The van der Waals surface area contributed by atoms with Gasteiger partial charge in [-0.25, -0.2) is 0 Å². The number of ether oxygens (including phenoxy) is 2. The molecule has 0 aromatic heterocycles. The van der Waals surface area contributed by atoms with Crippen molar-refractivity contribution in [2.75, 3.05) is 0 Å². The maximum absolute atomic E-state index is 14.1. The number of ketones is 2. The lowest BCUT2D eigenvalue weighted by atomic mass is 9.39. The van der Waals surface area contributed by atoms with Crippen LogP contribution in [0.25, 0.3) is 0 Å². The Morgan fingerprint density at radius 1 is 1.10 bits per heavy atom. The first-order chi connectivity index (χ1) is 14.3. The molecule has 1 N–H and O–H groups in total. The molecule has 31 heavy (non-hydrogen) atoms. The molecule has 170 valence electrons. The number of carbonyl (C=O) groups excluding carboxylic acids is 4. The first kappa shape index (κ1) is 22.2. The van der Waals surface area contributed by atoms with Crippen molar-refractivity contribution in [2.24, 2.45) is 34.0 Å². The summed E-state index contributed by atoms with van der Waals surface area (Å²) in [4.78, 5) is 51.4. The van der Waals surface area contributed by atoms with E-state index < -0.39 is 58.3 Å². The lowest BCUT2D eigenvalue weighted by Crippen LogP contribution is -2.72. The van der Waals surface area contributed by atoms with E-state index in [2.05, 4.69) is 6.58 Å². The first-order valence-electron chi connectivity index (χ1n) is 11.1. The van der Waals surface area contributed by atoms with Crippen LogP contribution in [-0.2, 0) is 28.7 Å². The summed E-state index contributed by atoms with van der Waals surface area (Å²) in [5.74, 6) is -3.03. The normalized spacial score (nSPS) is 45.5. The average Bonchev–Trinajstić information content (AvgIpc) is 2.82. The summed E-state index contributed by atoms with van der Waals surface area (Å²) in [7, 11) is 0. The molecule has 7 heteroatoms. The standard InChI is InChI=1S/C24H32O7/c1-11-14-9-15(27)18-23(6)8-7-16(30-12(2)25)22(4,5)19(23)17(28)21(31-13(3)26)24(18,10-14)20(11)29/h14-16,18-19,21,27H,1,7-10H2,2-6H3/t14-,15-,16-,18-,19+,21?,23?,24?/m0/s1. The number of fused-ring (bicyclic) bond motifs is 3. The summed E-state index contributed by atoms with van der Waals surface area (Å²) in [5.41, 5.74) is -2.33. The van der Waals surface area contributed by atoms with Gasteiger partial charge in [0.15, 0.2) is 17.7 Å². The van der Waals surface area contributed by atoms with Crippen LogP contribution in [0.3, 0.4) is 0 Å². The van der Waals surface area contributed by atoms with Gasteiger partial charge in [-0.05, 0) is 42.6 Å². The van der Waals surface area contributed by atoms with Crippen LogP contribution in [0.5, 0.6) is 0 Å². The fourth-order valence-corrected chi connectivity index (χ4v) is 7.96. The lowest BCUT2D eigenvalue weighted by molar-refractivity contribution is -0.235. The SMILES string of the molecule is C=C1C(=O)C23C[C@@H]1C[C@H](O)[C@H]2C1(C)CC[C@H](OC(C)=O)C(C)(C)[C@H]1C(=O)C3OC(C)=O. The number of esters is 2. The van der Waals surface area contributed by atoms with Gasteiger partial charge < -0.3 is 14.6 Å². The molecular weight excluding hydrogens is 400 g/mol. The van der Waals surface area contributed by atoms with Gasteiger partial charge in [0.1, 0.15) is 6.10 Å². The van der Waals surface area contributed by atoms with Crippen molar-refractivity contribution >= 4 is 23.5 Å². The zero-order chi connectivity index (χ0) is 23.1. The number of hydrogen-bond acceptors (Lipinski definition) is 7. The van der Waals surface area contributed by atoms with Crippen molar-refractivity contribution in [3.63, 3.8) is 0 Å². The van der Waals surface area contributed by atoms with Crippen molar-refractivity contribution in [2.45, 2.75) is 78.6 Å². The van der Waals surface area contributed by atoms with E-state index >= 15 is 0 Å². The topological polar surface area (TPSA) is 107 Å². The van der Waals surface area contributed by atoms with Crippen molar-refractivity contribution in [3.05, 3.63) is 12.2 Å². The summed E-state index contributed by atoms with van der Waals surface area (Å²) in [6.07, 6.45) is -0.745. The predicted octanol–water partition coefficient (Wildman–Crippen LogP) is 2.39. The third-order valence-corrected chi connectivity index (χ3v) is 8.75. The van der Waals surface area contributed by atoms with E-state index in [0.29, 0.717) is 31.3 Å². The second-order valence-electron chi connectivity index (χ2n) is 10.9. The Hall–Kier alpha value is -2.02. The Morgan fingerprint density at radius 3 is 2.29 bits per heavy atom. The Bertz CT molecular complexity index is 888. The molecule has 0 amide bonds. The van der Waals surface area contributed by atoms with Crippen LogP contribution >= 0.6 is 0 Å². The molecule has 0 aromatic rings. The van der Waals surface area contributed by atoms with Crippen LogP contribution in [0.1, 0.15) is 60.3 Å². The smallest absolute Gasteiger partial charge is 0.303 e. The van der Waals surface area contributed by atoms with Gasteiger partial charge in [-0.3, -0.25) is 19.2 Å². The van der Waals surface area contributed by atoms with Crippen LogP contribution in [-0.4, -0.2) is 46.9 Å². The molecule has 0 heterocycles. The number of aliphatic hydroxyl groups is 1. The molecule has 0 aliphatic heterocycles. The Morgan fingerprint density at radius 2 is 1.71 bits per heavy atom. The number of rotatable bonds is 2. The number of Topliss-reactive ketones (excluding diaryl/α,β-unsaturated/α-hetero) is 2. The second kappa shape index (κ2) is 6.74. The Balaban J connectivity index is 1.91. The molecule has 1 spiro atoms. The predicted molar refractivity (Wildman–Crippen MR) is 110 cm³/mol. The van der Waals surface area contributed by atoms with Gasteiger partial charge in [0, 0.05) is 31.1 Å².